The minimum Gasteiger partial charge on any atom is -0.469 e. The minimum absolute atomic E-state index is 0.0716. The maximum atomic E-state index is 12.6. The highest BCUT2D eigenvalue weighted by Gasteiger charge is 2.46. The number of alkyl halides is 3. The van der Waals surface area contributed by atoms with Gasteiger partial charge in [0.05, 0.1) is 19.9 Å². The van der Waals surface area contributed by atoms with E-state index in [0.717, 1.165) is 19.3 Å². The van der Waals surface area contributed by atoms with Crippen molar-refractivity contribution in [3.63, 3.8) is 0 Å². The molecule has 150 valence electrons. The van der Waals surface area contributed by atoms with E-state index in [4.69, 9.17) is 0 Å². The van der Waals surface area contributed by atoms with Crippen molar-refractivity contribution in [2.75, 3.05) is 18.9 Å². The second-order valence-electron chi connectivity index (χ2n) is 5.29. The summed E-state index contributed by atoms with van der Waals surface area (Å²) in [5.74, 6) is -1.26. The zero-order valence-corrected chi connectivity index (χ0v) is 15.3. The molecular weight excluding hydrogens is 391 g/mol. The molecule has 0 spiro atoms. The molecule has 0 heterocycles. The molecule has 0 fully saturated rings. The van der Waals surface area contributed by atoms with Crippen LogP contribution in [-0.2, 0) is 35.5 Å². The predicted octanol–water partition coefficient (Wildman–Crippen LogP) is 2.54. The molecular formula is C16H18F3NO6S. The fourth-order valence-electron chi connectivity index (χ4n) is 2.02. The minimum atomic E-state index is -5.60. The standard InChI is InChI=1S/C16H18F3NO6S/c1-25-14(21)8-7-11(10-15(22)26-2)9-12-5-3-4-6-13(12)20-27(23,24)16(17,18)19/h3-6,10,20H,7-9H2,1-2H3/b11-10+. The largest absolute Gasteiger partial charge is 0.516 e. The number of methoxy groups -OCH3 is 2. The van der Waals surface area contributed by atoms with Crippen LogP contribution in [0.1, 0.15) is 18.4 Å². The van der Waals surface area contributed by atoms with Gasteiger partial charge in [0, 0.05) is 12.5 Å². The maximum Gasteiger partial charge on any atom is 0.516 e. The monoisotopic (exact) mass is 409 g/mol. The average Bonchev–Trinajstić information content (AvgIpc) is 2.59. The van der Waals surface area contributed by atoms with Crippen LogP contribution in [0.2, 0.25) is 0 Å². The summed E-state index contributed by atoms with van der Waals surface area (Å²) in [6, 6.07) is 5.42. The smallest absolute Gasteiger partial charge is 0.469 e. The molecule has 0 radical (unpaired) electrons. The molecule has 0 unspecified atom stereocenters. The van der Waals surface area contributed by atoms with Crippen LogP contribution in [0.5, 0.6) is 0 Å². The Kier molecular flexibility index (Phi) is 7.82. The van der Waals surface area contributed by atoms with Crippen molar-refractivity contribution in [3.05, 3.63) is 41.5 Å². The number of carbonyl (C=O) groups excluding carboxylic acids is 2. The maximum absolute atomic E-state index is 12.6. The lowest BCUT2D eigenvalue weighted by Crippen LogP contribution is -2.30. The van der Waals surface area contributed by atoms with E-state index < -0.39 is 27.5 Å². The number of nitrogens with one attached hydrogen (secondary N) is 1. The highest BCUT2D eigenvalue weighted by Crippen LogP contribution is 2.28. The third kappa shape index (κ3) is 6.93. The van der Waals surface area contributed by atoms with Crippen LogP contribution in [0, 0.1) is 0 Å². The summed E-state index contributed by atoms with van der Waals surface area (Å²) in [7, 11) is -3.27. The first kappa shape index (κ1) is 22.5. The van der Waals surface area contributed by atoms with Gasteiger partial charge in [-0.25, -0.2) is 4.79 Å². The van der Waals surface area contributed by atoms with Crippen molar-refractivity contribution >= 4 is 27.6 Å². The molecule has 1 aromatic rings. The number of esters is 2. The van der Waals surface area contributed by atoms with E-state index >= 15 is 0 Å². The topological polar surface area (TPSA) is 98.8 Å². The summed E-state index contributed by atoms with van der Waals surface area (Å²) in [6.45, 7) is 0. The molecule has 0 aromatic heterocycles. The molecule has 0 aliphatic rings. The third-order valence-corrected chi connectivity index (χ3v) is 4.48. The van der Waals surface area contributed by atoms with Crippen LogP contribution in [0.25, 0.3) is 0 Å². The molecule has 1 rings (SSSR count). The molecule has 1 aromatic carbocycles. The molecule has 0 saturated heterocycles. The Hall–Kier alpha value is -2.56. The summed E-state index contributed by atoms with van der Waals surface area (Å²) in [6.07, 6.45) is 1.01. The van der Waals surface area contributed by atoms with Crippen LogP contribution in [0.4, 0.5) is 18.9 Å². The van der Waals surface area contributed by atoms with E-state index in [9.17, 15) is 31.2 Å². The predicted molar refractivity (Wildman–Crippen MR) is 90.1 cm³/mol. The summed E-state index contributed by atoms with van der Waals surface area (Å²) in [5.41, 5.74) is -5.23. The lowest BCUT2D eigenvalue weighted by atomic mass is 9.99. The van der Waals surface area contributed by atoms with Crippen LogP contribution >= 0.6 is 0 Å². The molecule has 0 atom stereocenters. The van der Waals surface area contributed by atoms with E-state index in [-0.39, 0.29) is 30.5 Å². The molecule has 0 saturated carbocycles. The van der Waals surface area contributed by atoms with Crippen molar-refractivity contribution in [2.45, 2.75) is 24.8 Å². The first-order chi connectivity index (χ1) is 12.5. The lowest BCUT2D eigenvalue weighted by Gasteiger charge is -2.15. The number of hydrogen-bond donors (Lipinski definition) is 1. The van der Waals surface area contributed by atoms with Gasteiger partial charge in [0.25, 0.3) is 0 Å². The molecule has 1 N–H and O–H groups in total. The molecule has 0 aliphatic heterocycles. The van der Waals surface area contributed by atoms with Crippen molar-refractivity contribution in [1.82, 2.24) is 0 Å². The SMILES string of the molecule is COC(=O)/C=C(\CCC(=O)OC)Cc1ccccc1NS(=O)(=O)C(F)(F)F. The normalized spacial score (nSPS) is 12.4. The number of allylic oxidation sites excluding steroid dienone is 1. The number of anilines is 1. The highest BCUT2D eigenvalue weighted by atomic mass is 32.2. The van der Waals surface area contributed by atoms with Crippen molar-refractivity contribution in [2.24, 2.45) is 0 Å². The van der Waals surface area contributed by atoms with Gasteiger partial charge in [-0.2, -0.15) is 21.6 Å². The van der Waals surface area contributed by atoms with Crippen LogP contribution in [0.15, 0.2) is 35.9 Å². The quantitative estimate of drug-likeness (QED) is 0.523. The Morgan fingerprint density at radius 1 is 1.11 bits per heavy atom. The number of sulfonamides is 1. The second kappa shape index (κ2) is 9.40. The number of benzene rings is 1. The lowest BCUT2D eigenvalue weighted by molar-refractivity contribution is -0.140. The summed E-state index contributed by atoms with van der Waals surface area (Å²) in [5, 5.41) is 0. The van der Waals surface area contributed by atoms with Crippen molar-refractivity contribution in [1.29, 1.82) is 0 Å². The molecule has 7 nitrogen and oxygen atoms in total. The van der Waals surface area contributed by atoms with Gasteiger partial charge < -0.3 is 9.47 Å². The summed E-state index contributed by atoms with van der Waals surface area (Å²) in [4.78, 5) is 22.8. The number of para-hydroxylation sites is 1. The summed E-state index contributed by atoms with van der Waals surface area (Å²) < 4.78 is 71.0. The zero-order chi connectivity index (χ0) is 20.7. The Bertz CT molecular complexity index is 818. The molecule has 0 aliphatic carbocycles. The second-order valence-corrected chi connectivity index (χ2v) is 6.96. The van der Waals surface area contributed by atoms with Crippen LogP contribution in [0.3, 0.4) is 0 Å². The summed E-state index contributed by atoms with van der Waals surface area (Å²) >= 11 is 0. The number of carbonyl (C=O) groups is 2. The van der Waals surface area contributed by atoms with Crippen LogP contribution in [-0.4, -0.2) is 40.1 Å². The number of rotatable bonds is 8. The van der Waals surface area contributed by atoms with E-state index in [1.807, 2.05) is 0 Å². The Balaban J connectivity index is 3.14. The number of hydrogen-bond acceptors (Lipinski definition) is 6. The number of halogens is 3. The molecule has 0 bridgehead atoms. The first-order valence-electron chi connectivity index (χ1n) is 7.51. The van der Waals surface area contributed by atoms with E-state index in [2.05, 4.69) is 9.47 Å². The van der Waals surface area contributed by atoms with Crippen LogP contribution < -0.4 is 4.72 Å². The average molecular weight is 409 g/mol. The van der Waals surface area contributed by atoms with Crippen molar-refractivity contribution in [3.8, 4) is 0 Å². The van der Waals surface area contributed by atoms with Crippen molar-refractivity contribution < 1.29 is 40.7 Å². The highest BCUT2D eigenvalue weighted by molar-refractivity contribution is 7.93. The van der Waals surface area contributed by atoms with Gasteiger partial charge in [-0.1, -0.05) is 23.8 Å². The Labute approximate surface area is 154 Å². The fourth-order valence-corrected chi connectivity index (χ4v) is 2.63. The fraction of sp³-hybridized carbons (Fsp3) is 0.375. The Morgan fingerprint density at radius 3 is 2.30 bits per heavy atom. The molecule has 27 heavy (non-hydrogen) atoms. The zero-order valence-electron chi connectivity index (χ0n) is 14.5. The van der Waals surface area contributed by atoms with E-state index in [1.54, 1.807) is 0 Å². The first-order valence-corrected chi connectivity index (χ1v) is 8.99. The van der Waals surface area contributed by atoms with Gasteiger partial charge >= 0.3 is 27.5 Å². The van der Waals surface area contributed by atoms with Gasteiger partial charge in [-0.05, 0) is 24.5 Å². The molecule has 0 amide bonds. The van der Waals surface area contributed by atoms with E-state index in [1.165, 1.54) is 30.0 Å². The van der Waals surface area contributed by atoms with Gasteiger partial charge in [0.2, 0.25) is 0 Å². The number of ether oxygens (including phenoxy) is 2. The molecule has 11 heteroatoms. The van der Waals surface area contributed by atoms with Gasteiger partial charge in [0.1, 0.15) is 0 Å². The van der Waals surface area contributed by atoms with Gasteiger partial charge in [-0.3, -0.25) is 9.52 Å². The Morgan fingerprint density at radius 2 is 1.74 bits per heavy atom. The van der Waals surface area contributed by atoms with Gasteiger partial charge in [0.15, 0.2) is 0 Å². The van der Waals surface area contributed by atoms with E-state index in [0.29, 0.717) is 5.57 Å². The third-order valence-electron chi connectivity index (χ3n) is 3.38. The van der Waals surface area contributed by atoms with Gasteiger partial charge in [-0.15, -0.1) is 0 Å².